The molecule has 1 rings (SSSR count). The third-order valence-corrected chi connectivity index (χ3v) is 2.73. The lowest BCUT2D eigenvalue weighted by atomic mass is 10.1. The van der Waals surface area contributed by atoms with Gasteiger partial charge in [-0.3, -0.25) is 0 Å². The van der Waals surface area contributed by atoms with Crippen LogP contribution in [0.25, 0.3) is 0 Å². The van der Waals surface area contributed by atoms with E-state index in [-0.39, 0.29) is 0 Å². The Morgan fingerprint density at radius 3 is 2.36 bits per heavy atom. The molecular weight excluding hydrogens is 190 g/mol. The lowest BCUT2D eigenvalue weighted by Gasteiger charge is -2.20. The zero-order valence-corrected chi connectivity index (χ0v) is 10.4. The molecule has 0 fully saturated rings. The summed E-state index contributed by atoms with van der Waals surface area (Å²) < 4.78 is 5.85. The van der Waals surface area contributed by atoms with Crippen molar-refractivity contribution in [3.63, 3.8) is 0 Å². The number of nitrogens with two attached hydrogens (primary N) is 1. The van der Waals surface area contributed by atoms with Gasteiger partial charge in [0.25, 0.3) is 0 Å². The van der Waals surface area contributed by atoms with Crippen LogP contribution < -0.4 is 10.2 Å². The number of rotatable bonds is 3. The highest BCUT2D eigenvalue weighted by Crippen LogP contribution is 2.25. The molecule has 3 heteroatoms. The lowest BCUT2D eigenvalue weighted by molar-refractivity contribution is 0.560. The van der Waals surface area contributed by atoms with Gasteiger partial charge < -0.3 is 10.2 Å². The van der Waals surface area contributed by atoms with Crippen LogP contribution in [-0.2, 0) is 6.42 Å². The number of anilines is 1. The van der Waals surface area contributed by atoms with E-state index in [1.165, 1.54) is 5.56 Å². The molecule has 0 bridgehead atoms. The van der Waals surface area contributed by atoms with Crippen LogP contribution >= 0.6 is 0 Å². The standard InChI is InChI=1S/C11H19NOSi/c1-5-9-6-7-11(10(12)8-9)13-14(2,3)4/h6-8H,5,12H2,1-4H3. The minimum atomic E-state index is -1.54. The fourth-order valence-electron chi connectivity index (χ4n) is 1.24. The summed E-state index contributed by atoms with van der Waals surface area (Å²) in [6.07, 6.45) is 1.01. The second-order valence-electron chi connectivity index (χ2n) is 4.44. The maximum Gasteiger partial charge on any atom is 0.242 e. The first-order chi connectivity index (χ1) is 6.42. The average Bonchev–Trinajstić information content (AvgIpc) is 2.06. The zero-order chi connectivity index (χ0) is 10.8. The summed E-state index contributed by atoms with van der Waals surface area (Å²) >= 11 is 0. The summed E-state index contributed by atoms with van der Waals surface area (Å²) in [5, 5.41) is 0. The fraction of sp³-hybridized carbons (Fsp3) is 0.455. The molecule has 0 unspecified atom stereocenters. The summed E-state index contributed by atoms with van der Waals surface area (Å²) in [6.45, 7) is 8.58. The average molecular weight is 209 g/mol. The van der Waals surface area contributed by atoms with E-state index in [0.29, 0.717) is 0 Å². The minimum absolute atomic E-state index is 0.756. The van der Waals surface area contributed by atoms with Gasteiger partial charge in [-0.15, -0.1) is 0 Å². The molecule has 2 nitrogen and oxygen atoms in total. The first-order valence-corrected chi connectivity index (χ1v) is 8.40. The van der Waals surface area contributed by atoms with E-state index in [4.69, 9.17) is 10.2 Å². The van der Waals surface area contributed by atoms with Crippen LogP contribution in [0, 0.1) is 0 Å². The summed E-state index contributed by atoms with van der Waals surface area (Å²) in [5.41, 5.74) is 7.91. The smallest absolute Gasteiger partial charge is 0.242 e. The Morgan fingerprint density at radius 2 is 1.93 bits per heavy atom. The van der Waals surface area contributed by atoms with E-state index in [2.05, 4.69) is 32.6 Å². The summed E-state index contributed by atoms with van der Waals surface area (Å²) in [4.78, 5) is 0. The lowest BCUT2D eigenvalue weighted by Crippen LogP contribution is -2.29. The topological polar surface area (TPSA) is 35.2 Å². The van der Waals surface area contributed by atoms with Gasteiger partial charge in [-0.05, 0) is 43.8 Å². The van der Waals surface area contributed by atoms with Gasteiger partial charge in [-0.25, -0.2) is 0 Å². The molecule has 0 aliphatic carbocycles. The summed E-state index contributed by atoms with van der Waals surface area (Å²) in [5.74, 6) is 0.835. The molecule has 0 radical (unpaired) electrons. The Kier molecular flexibility index (Phi) is 3.21. The van der Waals surface area contributed by atoms with E-state index in [1.807, 2.05) is 12.1 Å². The number of hydrogen-bond donors (Lipinski definition) is 1. The van der Waals surface area contributed by atoms with Crippen molar-refractivity contribution < 1.29 is 4.43 Å². The monoisotopic (exact) mass is 209 g/mol. The Labute approximate surface area is 87.2 Å². The van der Waals surface area contributed by atoms with E-state index >= 15 is 0 Å². The zero-order valence-electron chi connectivity index (χ0n) is 9.42. The van der Waals surface area contributed by atoms with Crippen molar-refractivity contribution in [3.8, 4) is 5.75 Å². The first-order valence-electron chi connectivity index (χ1n) is 5.00. The third-order valence-electron chi connectivity index (χ3n) is 1.90. The van der Waals surface area contributed by atoms with Crippen molar-refractivity contribution in [1.29, 1.82) is 0 Å². The van der Waals surface area contributed by atoms with Gasteiger partial charge in [0.2, 0.25) is 8.32 Å². The molecule has 1 aromatic carbocycles. The van der Waals surface area contributed by atoms with E-state index in [9.17, 15) is 0 Å². The van der Waals surface area contributed by atoms with Crippen LogP contribution in [0.15, 0.2) is 18.2 Å². The van der Waals surface area contributed by atoms with Crippen molar-refractivity contribution in [3.05, 3.63) is 23.8 Å². The minimum Gasteiger partial charge on any atom is -0.543 e. The molecule has 0 spiro atoms. The van der Waals surface area contributed by atoms with Crippen LogP contribution in [0.1, 0.15) is 12.5 Å². The Balaban J connectivity index is 2.89. The Morgan fingerprint density at radius 1 is 1.29 bits per heavy atom. The van der Waals surface area contributed by atoms with Gasteiger partial charge >= 0.3 is 0 Å². The van der Waals surface area contributed by atoms with Crippen molar-refractivity contribution >= 4 is 14.0 Å². The highest BCUT2D eigenvalue weighted by atomic mass is 28.4. The quantitative estimate of drug-likeness (QED) is 0.613. The van der Waals surface area contributed by atoms with Gasteiger partial charge in [-0.2, -0.15) is 0 Å². The highest BCUT2D eigenvalue weighted by Gasteiger charge is 2.17. The van der Waals surface area contributed by atoms with Crippen molar-refractivity contribution in [1.82, 2.24) is 0 Å². The molecule has 0 amide bonds. The Bertz CT molecular complexity index is 318. The van der Waals surface area contributed by atoms with Crippen molar-refractivity contribution in [2.45, 2.75) is 33.0 Å². The molecule has 14 heavy (non-hydrogen) atoms. The van der Waals surface area contributed by atoms with Gasteiger partial charge in [0.1, 0.15) is 5.75 Å². The van der Waals surface area contributed by atoms with Crippen LogP contribution in [-0.4, -0.2) is 8.32 Å². The normalized spacial score (nSPS) is 11.4. The number of hydrogen-bond acceptors (Lipinski definition) is 2. The molecule has 0 aliphatic heterocycles. The molecule has 0 heterocycles. The van der Waals surface area contributed by atoms with Gasteiger partial charge in [0, 0.05) is 0 Å². The molecule has 1 aromatic rings. The van der Waals surface area contributed by atoms with E-state index in [1.54, 1.807) is 0 Å². The van der Waals surface area contributed by atoms with Crippen LogP contribution in [0.5, 0.6) is 5.75 Å². The molecule has 0 saturated heterocycles. The second kappa shape index (κ2) is 4.05. The van der Waals surface area contributed by atoms with Crippen LogP contribution in [0.2, 0.25) is 19.6 Å². The molecule has 2 N–H and O–H groups in total. The SMILES string of the molecule is CCc1ccc(O[Si](C)(C)C)c(N)c1. The predicted molar refractivity (Wildman–Crippen MR) is 64.2 cm³/mol. The van der Waals surface area contributed by atoms with Gasteiger partial charge in [0.15, 0.2) is 0 Å². The first kappa shape index (κ1) is 11.1. The van der Waals surface area contributed by atoms with Crippen LogP contribution in [0.4, 0.5) is 5.69 Å². The van der Waals surface area contributed by atoms with Crippen molar-refractivity contribution in [2.75, 3.05) is 5.73 Å². The largest absolute Gasteiger partial charge is 0.543 e. The number of nitrogen functional groups attached to an aromatic ring is 1. The third kappa shape index (κ3) is 3.07. The van der Waals surface area contributed by atoms with E-state index in [0.717, 1.165) is 17.9 Å². The molecular formula is C11H19NOSi. The highest BCUT2D eigenvalue weighted by molar-refractivity contribution is 6.70. The molecule has 0 aliphatic rings. The fourth-order valence-corrected chi connectivity index (χ4v) is 2.09. The molecule has 0 aromatic heterocycles. The maximum atomic E-state index is 5.90. The summed E-state index contributed by atoms with van der Waals surface area (Å²) in [7, 11) is -1.54. The van der Waals surface area contributed by atoms with Crippen molar-refractivity contribution in [2.24, 2.45) is 0 Å². The molecule has 0 saturated carbocycles. The van der Waals surface area contributed by atoms with Gasteiger partial charge in [-0.1, -0.05) is 13.0 Å². The molecule has 0 atom stereocenters. The Hall–Kier alpha value is -0.963. The molecule has 78 valence electrons. The van der Waals surface area contributed by atoms with Crippen LogP contribution in [0.3, 0.4) is 0 Å². The predicted octanol–water partition coefficient (Wildman–Crippen LogP) is 3.04. The number of benzene rings is 1. The van der Waals surface area contributed by atoms with Gasteiger partial charge in [0.05, 0.1) is 5.69 Å². The maximum absolute atomic E-state index is 5.90. The summed E-state index contributed by atoms with van der Waals surface area (Å²) in [6, 6.07) is 6.05. The van der Waals surface area contributed by atoms with E-state index < -0.39 is 8.32 Å². The second-order valence-corrected chi connectivity index (χ2v) is 8.87. The number of aryl methyl sites for hydroxylation is 1.